The molecular weight excluding hydrogens is 214 g/mol. The molecule has 1 heterocycles. The normalized spacial score (nSPS) is 16.8. The van der Waals surface area contributed by atoms with Crippen LogP contribution in [0.15, 0.2) is 23.3 Å². The van der Waals surface area contributed by atoms with Crippen molar-refractivity contribution in [2.24, 2.45) is 11.0 Å². The Morgan fingerprint density at radius 3 is 2.71 bits per heavy atom. The maximum absolute atomic E-state index is 7.12. The van der Waals surface area contributed by atoms with Crippen LogP contribution in [-0.2, 0) is 6.54 Å². The molecule has 0 aromatic heterocycles. The average molecular weight is 233 g/mol. The fraction of sp³-hybridized carbons (Fsp3) is 0.500. The van der Waals surface area contributed by atoms with Gasteiger partial charge in [-0.25, -0.2) is 5.53 Å². The van der Waals surface area contributed by atoms with E-state index in [1.54, 1.807) is 0 Å². The number of nitrogens with two attached hydrogens (primary N) is 1. The fourth-order valence-electron chi connectivity index (χ4n) is 2.27. The lowest BCUT2D eigenvalue weighted by molar-refractivity contribution is 0.221. The zero-order chi connectivity index (χ0) is 12.1. The zero-order valence-corrected chi connectivity index (χ0v) is 9.95. The van der Waals surface area contributed by atoms with Crippen molar-refractivity contribution in [3.63, 3.8) is 0 Å². The van der Waals surface area contributed by atoms with Gasteiger partial charge < -0.3 is 5.43 Å². The summed E-state index contributed by atoms with van der Waals surface area (Å²) in [5.41, 5.74) is 12.2. The van der Waals surface area contributed by atoms with Crippen LogP contribution in [0.25, 0.3) is 0 Å². The molecule has 1 aliphatic rings. The number of nitrogen functional groups attached to an aromatic ring is 1. The van der Waals surface area contributed by atoms with Gasteiger partial charge in [-0.05, 0) is 43.6 Å². The molecule has 5 nitrogen and oxygen atoms in total. The summed E-state index contributed by atoms with van der Waals surface area (Å²) in [7, 11) is 0. The van der Waals surface area contributed by atoms with E-state index in [2.05, 4.69) is 15.4 Å². The standard InChI is InChI=1S/C12H19N5/c13-15-11-5-4-10(8-12(11)16-14)9-17-6-2-1-3-7-17/h4-5,8,14-15H,1-3,6-7,9,13H2. The highest BCUT2D eigenvalue weighted by Crippen LogP contribution is 2.26. The van der Waals surface area contributed by atoms with Crippen LogP contribution in [0.1, 0.15) is 24.8 Å². The first-order valence-corrected chi connectivity index (χ1v) is 6.03. The van der Waals surface area contributed by atoms with E-state index >= 15 is 0 Å². The Kier molecular flexibility index (Phi) is 4.06. The number of hydrogen-bond donors (Lipinski definition) is 3. The Labute approximate surface area is 101 Å². The minimum absolute atomic E-state index is 0.599. The summed E-state index contributed by atoms with van der Waals surface area (Å²) >= 11 is 0. The first-order chi connectivity index (χ1) is 8.33. The van der Waals surface area contributed by atoms with E-state index in [9.17, 15) is 0 Å². The van der Waals surface area contributed by atoms with E-state index in [0.717, 1.165) is 6.54 Å². The van der Waals surface area contributed by atoms with Gasteiger partial charge >= 0.3 is 0 Å². The number of hydrazine groups is 1. The molecule has 0 atom stereocenters. The van der Waals surface area contributed by atoms with Crippen LogP contribution in [0.3, 0.4) is 0 Å². The molecule has 1 saturated heterocycles. The SMILES string of the molecule is N=Nc1cc(CN2CCCCC2)ccc1NN. The van der Waals surface area contributed by atoms with Crippen molar-refractivity contribution in [1.82, 2.24) is 4.90 Å². The van der Waals surface area contributed by atoms with Gasteiger partial charge in [0.05, 0.1) is 5.69 Å². The topological polar surface area (TPSA) is 77.5 Å². The quantitative estimate of drug-likeness (QED) is 0.425. The Bertz CT molecular complexity index is 384. The van der Waals surface area contributed by atoms with Crippen LogP contribution in [0.4, 0.5) is 11.4 Å². The largest absolute Gasteiger partial charge is 0.322 e. The van der Waals surface area contributed by atoms with Crippen LogP contribution in [-0.4, -0.2) is 18.0 Å². The van der Waals surface area contributed by atoms with Crippen LogP contribution in [0, 0.1) is 5.53 Å². The molecule has 4 N–H and O–H groups in total. The highest BCUT2D eigenvalue weighted by molar-refractivity contribution is 5.65. The lowest BCUT2D eigenvalue weighted by Crippen LogP contribution is -2.29. The van der Waals surface area contributed by atoms with Gasteiger partial charge in [-0.3, -0.25) is 10.7 Å². The van der Waals surface area contributed by atoms with E-state index in [4.69, 9.17) is 11.4 Å². The molecule has 1 aliphatic heterocycles. The van der Waals surface area contributed by atoms with Crippen molar-refractivity contribution in [3.8, 4) is 0 Å². The van der Waals surface area contributed by atoms with Gasteiger partial charge in [-0.2, -0.15) is 5.11 Å². The van der Waals surface area contributed by atoms with Crippen molar-refractivity contribution in [2.75, 3.05) is 18.5 Å². The number of likely N-dealkylation sites (tertiary alicyclic amines) is 1. The van der Waals surface area contributed by atoms with Crippen LogP contribution in [0.5, 0.6) is 0 Å². The number of nitrogens with one attached hydrogen (secondary N) is 2. The smallest absolute Gasteiger partial charge is 0.110 e. The lowest BCUT2D eigenvalue weighted by Gasteiger charge is -2.26. The number of hydrogen-bond acceptors (Lipinski definition) is 5. The van der Waals surface area contributed by atoms with E-state index in [1.165, 1.54) is 37.9 Å². The molecule has 17 heavy (non-hydrogen) atoms. The maximum atomic E-state index is 7.12. The molecule has 0 unspecified atom stereocenters. The molecule has 5 heteroatoms. The van der Waals surface area contributed by atoms with Gasteiger partial charge in [0.25, 0.3) is 0 Å². The van der Waals surface area contributed by atoms with Crippen molar-refractivity contribution in [1.29, 1.82) is 5.53 Å². The maximum Gasteiger partial charge on any atom is 0.110 e. The summed E-state index contributed by atoms with van der Waals surface area (Å²) in [6, 6.07) is 5.85. The van der Waals surface area contributed by atoms with Crippen molar-refractivity contribution < 1.29 is 0 Å². The highest BCUT2D eigenvalue weighted by Gasteiger charge is 2.11. The fourth-order valence-corrected chi connectivity index (χ4v) is 2.27. The average Bonchev–Trinajstić information content (AvgIpc) is 2.40. The third-order valence-electron chi connectivity index (χ3n) is 3.19. The Balaban J connectivity index is 2.07. The van der Waals surface area contributed by atoms with Crippen LogP contribution < -0.4 is 11.3 Å². The van der Waals surface area contributed by atoms with Crippen LogP contribution in [0.2, 0.25) is 0 Å². The van der Waals surface area contributed by atoms with Crippen molar-refractivity contribution in [2.45, 2.75) is 25.8 Å². The van der Waals surface area contributed by atoms with Gasteiger partial charge in [0.2, 0.25) is 0 Å². The Hall–Kier alpha value is -1.46. The summed E-state index contributed by atoms with van der Waals surface area (Å²) < 4.78 is 0. The van der Waals surface area contributed by atoms with Crippen LogP contribution >= 0.6 is 0 Å². The zero-order valence-electron chi connectivity index (χ0n) is 9.95. The Morgan fingerprint density at radius 1 is 1.29 bits per heavy atom. The summed E-state index contributed by atoms with van der Waals surface area (Å²) in [5.74, 6) is 5.36. The molecule has 1 aromatic rings. The lowest BCUT2D eigenvalue weighted by atomic mass is 10.1. The molecule has 0 amide bonds. The number of piperidine rings is 1. The second-order valence-corrected chi connectivity index (χ2v) is 4.44. The minimum atomic E-state index is 0.599. The predicted molar refractivity (Wildman–Crippen MR) is 68.2 cm³/mol. The molecular formula is C12H19N5. The second-order valence-electron chi connectivity index (χ2n) is 4.44. The van der Waals surface area contributed by atoms with Gasteiger partial charge in [0.15, 0.2) is 0 Å². The first-order valence-electron chi connectivity index (χ1n) is 6.03. The minimum Gasteiger partial charge on any atom is -0.322 e. The number of rotatable bonds is 4. The Morgan fingerprint density at radius 2 is 2.06 bits per heavy atom. The van der Waals surface area contributed by atoms with Crippen molar-refractivity contribution in [3.05, 3.63) is 23.8 Å². The summed E-state index contributed by atoms with van der Waals surface area (Å²) in [4.78, 5) is 2.45. The first kappa shape index (κ1) is 12.0. The summed E-state index contributed by atoms with van der Waals surface area (Å²) in [6.07, 6.45) is 3.93. The van der Waals surface area contributed by atoms with Gasteiger partial charge in [0.1, 0.15) is 5.69 Å². The van der Waals surface area contributed by atoms with E-state index in [-0.39, 0.29) is 0 Å². The molecule has 0 bridgehead atoms. The molecule has 0 spiro atoms. The molecule has 1 aromatic carbocycles. The number of benzene rings is 1. The molecule has 2 rings (SSSR count). The monoisotopic (exact) mass is 233 g/mol. The van der Waals surface area contributed by atoms with Gasteiger partial charge in [0, 0.05) is 6.54 Å². The third-order valence-corrected chi connectivity index (χ3v) is 3.19. The van der Waals surface area contributed by atoms with Gasteiger partial charge in [-0.1, -0.05) is 12.5 Å². The molecule has 1 fully saturated rings. The van der Waals surface area contributed by atoms with E-state index < -0.39 is 0 Å². The van der Waals surface area contributed by atoms with Crippen molar-refractivity contribution >= 4 is 11.4 Å². The predicted octanol–water partition coefficient (Wildman–Crippen LogP) is 2.62. The second kappa shape index (κ2) is 5.75. The van der Waals surface area contributed by atoms with Gasteiger partial charge in [-0.15, -0.1) is 0 Å². The summed E-state index contributed by atoms with van der Waals surface area (Å²) in [6.45, 7) is 3.28. The number of anilines is 1. The molecule has 0 saturated carbocycles. The number of nitrogens with zero attached hydrogens (tertiary/aromatic N) is 2. The third kappa shape index (κ3) is 3.01. The molecule has 0 radical (unpaired) electrons. The molecule has 92 valence electrons. The van der Waals surface area contributed by atoms with E-state index in [1.807, 2.05) is 18.2 Å². The summed E-state index contributed by atoms with van der Waals surface area (Å²) in [5, 5.41) is 3.48. The molecule has 0 aliphatic carbocycles. The van der Waals surface area contributed by atoms with E-state index in [0.29, 0.717) is 11.4 Å². The highest BCUT2D eigenvalue weighted by atomic mass is 15.2.